The summed E-state index contributed by atoms with van der Waals surface area (Å²) < 4.78 is 6.43. The van der Waals surface area contributed by atoms with Crippen molar-refractivity contribution in [2.75, 3.05) is 24.3 Å². The topological polar surface area (TPSA) is 59.1 Å². The number of benzene rings is 1. The monoisotopic (exact) mass is 418 g/mol. The van der Waals surface area contributed by atoms with Crippen molar-refractivity contribution >= 4 is 51.5 Å². The number of aromatic nitrogens is 2. The van der Waals surface area contributed by atoms with Crippen molar-refractivity contribution in [3.05, 3.63) is 33.1 Å². The molecule has 5 nitrogen and oxygen atoms in total. The van der Waals surface area contributed by atoms with Crippen molar-refractivity contribution < 1.29 is 4.74 Å². The van der Waals surface area contributed by atoms with E-state index in [0.29, 0.717) is 22.4 Å². The lowest BCUT2D eigenvalue weighted by Crippen LogP contribution is -2.07. The molecule has 112 valence electrons. The fourth-order valence-electron chi connectivity index (χ4n) is 1.74. The first-order chi connectivity index (χ1) is 10.2. The number of nitrogens with zero attached hydrogens (tertiary/aromatic N) is 2. The number of nitrogens with one attached hydrogen (secondary N) is 2. The summed E-state index contributed by atoms with van der Waals surface area (Å²) in [5.41, 5.74) is 0.915. The molecule has 0 fully saturated rings. The zero-order valence-corrected chi connectivity index (χ0v) is 14.7. The maximum absolute atomic E-state index is 5.97. The maximum Gasteiger partial charge on any atom is 0.204 e. The number of methoxy groups -OCH3 is 1. The van der Waals surface area contributed by atoms with Crippen LogP contribution in [-0.2, 0) is 0 Å². The van der Waals surface area contributed by atoms with Crippen molar-refractivity contribution in [1.29, 1.82) is 0 Å². The number of ether oxygens (including phenoxy) is 1. The van der Waals surface area contributed by atoms with Gasteiger partial charge < -0.3 is 15.4 Å². The summed E-state index contributed by atoms with van der Waals surface area (Å²) in [7, 11) is 1.60. The predicted octanol–water partition coefficient (Wildman–Crippen LogP) is 4.31. The van der Waals surface area contributed by atoms with Crippen molar-refractivity contribution in [3.8, 4) is 5.75 Å². The molecule has 0 unspecified atom stereocenters. The molecule has 7 heteroatoms. The van der Waals surface area contributed by atoms with E-state index in [-0.39, 0.29) is 0 Å². The number of hydrogen-bond acceptors (Lipinski definition) is 5. The van der Waals surface area contributed by atoms with Crippen LogP contribution < -0.4 is 15.4 Å². The van der Waals surface area contributed by atoms with Crippen LogP contribution in [0.2, 0.25) is 5.02 Å². The van der Waals surface area contributed by atoms with Gasteiger partial charge in [0.15, 0.2) is 11.6 Å². The largest absolute Gasteiger partial charge is 0.490 e. The van der Waals surface area contributed by atoms with Gasteiger partial charge in [0.2, 0.25) is 5.75 Å². The molecular formula is C14H16ClIN4O. The van der Waals surface area contributed by atoms with Gasteiger partial charge in [0, 0.05) is 15.1 Å². The fraction of sp³-hybridized carbons (Fsp3) is 0.286. The van der Waals surface area contributed by atoms with E-state index in [0.717, 1.165) is 22.2 Å². The quantitative estimate of drug-likeness (QED) is 0.685. The van der Waals surface area contributed by atoms with Crippen LogP contribution in [0, 0.1) is 3.57 Å². The Morgan fingerprint density at radius 3 is 2.71 bits per heavy atom. The van der Waals surface area contributed by atoms with Gasteiger partial charge in [-0.25, -0.2) is 9.97 Å². The Hall–Kier alpha value is -1.28. The van der Waals surface area contributed by atoms with Crippen LogP contribution >= 0.6 is 34.2 Å². The van der Waals surface area contributed by atoms with E-state index in [1.165, 1.54) is 6.33 Å². The second kappa shape index (κ2) is 7.65. The zero-order valence-electron chi connectivity index (χ0n) is 11.8. The van der Waals surface area contributed by atoms with Gasteiger partial charge in [-0.2, -0.15) is 0 Å². The van der Waals surface area contributed by atoms with Crippen molar-refractivity contribution in [3.63, 3.8) is 0 Å². The minimum atomic E-state index is 0.594. The number of anilines is 3. The molecule has 2 aromatic rings. The Morgan fingerprint density at radius 1 is 1.29 bits per heavy atom. The van der Waals surface area contributed by atoms with Gasteiger partial charge in [0.05, 0.1) is 12.8 Å². The second-order valence-electron chi connectivity index (χ2n) is 4.28. The Morgan fingerprint density at radius 2 is 2.05 bits per heavy atom. The zero-order chi connectivity index (χ0) is 15.2. The average Bonchev–Trinajstić information content (AvgIpc) is 2.48. The molecule has 1 aromatic heterocycles. The van der Waals surface area contributed by atoms with Crippen LogP contribution in [0.25, 0.3) is 0 Å². The average molecular weight is 419 g/mol. The molecule has 0 radical (unpaired) electrons. The first kappa shape index (κ1) is 16.1. The molecular weight excluding hydrogens is 403 g/mol. The van der Waals surface area contributed by atoms with E-state index in [4.69, 9.17) is 16.3 Å². The van der Waals surface area contributed by atoms with E-state index < -0.39 is 0 Å². The van der Waals surface area contributed by atoms with Crippen molar-refractivity contribution in [1.82, 2.24) is 9.97 Å². The summed E-state index contributed by atoms with van der Waals surface area (Å²) in [6.07, 6.45) is 2.51. The van der Waals surface area contributed by atoms with Crippen LogP contribution in [0.4, 0.5) is 17.3 Å². The molecule has 0 saturated carbocycles. The van der Waals surface area contributed by atoms with Crippen LogP contribution in [-0.4, -0.2) is 23.6 Å². The normalized spacial score (nSPS) is 10.3. The van der Waals surface area contributed by atoms with Gasteiger partial charge in [-0.15, -0.1) is 0 Å². The molecule has 0 atom stereocenters. The van der Waals surface area contributed by atoms with Gasteiger partial charge in [0.1, 0.15) is 6.33 Å². The lowest BCUT2D eigenvalue weighted by Gasteiger charge is -2.14. The molecule has 0 spiro atoms. The maximum atomic E-state index is 5.97. The first-order valence-corrected chi connectivity index (χ1v) is 7.96. The highest BCUT2D eigenvalue weighted by Gasteiger charge is 2.13. The lowest BCUT2D eigenvalue weighted by atomic mass is 10.3. The smallest absolute Gasteiger partial charge is 0.204 e. The van der Waals surface area contributed by atoms with E-state index in [1.54, 1.807) is 7.11 Å². The predicted molar refractivity (Wildman–Crippen MR) is 94.8 cm³/mol. The van der Waals surface area contributed by atoms with Crippen LogP contribution in [0.1, 0.15) is 13.3 Å². The highest BCUT2D eigenvalue weighted by atomic mass is 127. The number of hydrogen-bond donors (Lipinski definition) is 2. The van der Waals surface area contributed by atoms with Gasteiger partial charge >= 0.3 is 0 Å². The Labute approximate surface area is 142 Å². The molecule has 0 saturated heterocycles. The fourth-order valence-corrected chi connectivity index (χ4v) is 2.75. The van der Waals surface area contributed by atoms with Crippen molar-refractivity contribution in [2.45, 2.75) is 13.3 Å². The van der Waals surface area contributed by atoms with Gasteiger partial charge in [-0.3, -0.25) is 0 Å². The van der Waals surface area contributed by atoms with E-state index in [2.05, 4.69) is 50.1 Å². The van der Waals surface area contributed by atoms with Crippen molar-refractivity contribution in [2.24, 2.45) is 0 Å². The highest BCUT2D eigenvalue weighted by molar-refractivity contribution is 14.1. The lowest BCUT2D eigenvalue weighted by molar-refractivity contribution is 0.415. The Balaban J connectivity index is 2.30. The Kier molecular flexibility index (Phi) is 5.86. The summed E-state index contributed by atoms with van der Waals surface area (Å²) >= 11 is 8.19. The summed E-state index contributed by atoms with van der Waals surface area (Å²) in [5, 5.41) is 7.18. The molecule has 0 aliphatic heterocycles. The molecule has 0 aliphatic rings. The summed E-state index contributed by atoms with van der Waals surface area (Å²) in [5.74, 6) is 1.89. The molecule has 2 N–H and O–H groups in total. The molecule has 1 aromatic carbocycles. The van der Waals surface area contributed by atoms with Crippen LogP contribution in [0.15, 0.2) is 24.5 Å². The first-order valence-electron chi connectivity index (χ1n) is 6.50. The second-order valence-corrected chi connectivity index (χ2v) is 5.88. The molecule has 0 aliphatic carbocycles. The number of rotatable bonds is 6. The SMILES string of the molecule is CCCNc1ncnc(Nc2ccc(Cl)cc2I)c1OC. The van der Waals surface area contributed by atoms with Crippen LogP contribution in [0.5, 0.6) is 5.75 Å². The third kappa shape index (κ3) is 4.10. The van der Waals surface area contributed by atoms with E-state index >= 15 is 0 Å². The molecule has 2 rings (SSSR count). The molecule has 1 heterocycles. The molecule has 21 heavy (non-hydrogen) atoms. The Bertz CT molecular complexity index is 624. The molecule has 0 bridgehead atoms. The third-order valence-corrected chi connectivity index (χ3v) is 3.86. The van der Waals surface area contributed by atoms with Gasteiger partial charge in [-0.1, -0.05) is 18.5 Å². The van der Waals surface area contributed by atoms with Crippen LogP contribution in [0.3, 0.4) is 0 Å². The summed E-state index contributed by atoms with van der Waals surface area (Å²) in [6.45, 7) is 2.92. The number of halogens is 2. The van der Waals surface area contributed by atoms with E-state index in [1.807, 2.05) is 18.2 Å². The van der Waals surface area contributed by atoms with E-state index in [9.17, 15) is 0 Å². The molecule has 0 amide bonds. The minimum absolute atomic E-state index is 0.594. The van der Waals surface area contributed by atoms with Gasteiger partial charge in [-0.05, 0) is 47.2 Å². The van der Waals surface area contributed by atoms with Gasteiger partial charge in [0.25, 0.3) is 0 Å². The highest BCUT2D eigenvalue weighted by Crippen LogP contribution is 2.33. The summed E-state index contributed by atoms with van der Waals surface area (Å²) in [4.78, 5) is 8.47. The summed E-state index contributed by atoms with van der Waals surface area (Å²) in [6, 6.07) is 5.62. The minimum Gasteiger partial charge on any atom is -0.490 e. The third-order valence-electron chi connectivity index (χ3n) is 2.73. The standard InChI is InChI=1S/C14H16ClIN4O/c1-3-6-17-13-12(21-2)14(19-8-18-13)20-11-5-4-9(15)7-10(11)16/h4-5,7-8H,3,6H2,1-2H3,(H2,17,18,19,20).